The molecule has 1 heteroatoms. The van der Waals surface area contributed by atoms with E-state index in [1.807, 2.05) is 0 Å². The van der Waals surface area contributed by atoms with Crippen molar-refractivity contribution in [2.45, 2.75) is 52.1 Å². The highest BCUT2D eigenvalue weighted by Crippen LogP contribution is 2.32. The average molecular weight is 156 g/mol. The number of hydrogen-bond acceptors (Lipinski definition) is 1. The molecule has 0 heterocycles. The van der Waals surface area contributed by atoms with Gasteiger partial charge in [-0.05, 0) is 31.1 Å². The third kappa shape index (κ3) is 2.48. The van der Waals surface area contributed by atoms with Gasteiger partial charge in [0.05, 0.1) is 6.10 Å². The highest BCUT2D eigenvalue weighted by Gasteiger charge is 2.25. The Labute approximate surface area is 69.8 Å². The molecule has 1 nitrogen and oxygen atoms in total. The lowest BCUT2D eigenvalue weighted by molar-refractivity contribution is 0.0673. The van der Waals surface area contributed by atoms with E-state index in [4.69, 9.17) is 0 Å². The van der Waals surface area contributed by atoms with Gasteiger partial charge >= 0.3 is 0 Å². The number of aliphatic hydroxyl groups excluding tert-OH is 1. The summed E-state index contributed by atoms with van der Waals surface area (Å²) in [6.45, 7) is 4.46. The minimum atomic E-state index is -0.00125. The van der Waals surface area contributed by atoms with Crippen LogP contribution in [0.2, 0.25) is 0 Å². The largest absolute Gasteiger partial charge is 0.393 e. The van der Waals surface area contributed by atoms with Crippen molar-refractivity contribution in [3.8, 4) is 0 Å². The molecule has 0 aromatic rings. The van der Waals surface area contributed by atoms with Gasteiger partial charge in [-0.1, -0.05) is 26.7 Å². The van der Waals surface area contributed by atoms with E-state index in [1.54, 1.807) is 0 Å². The fourth-order valence-corrected chi connectivity index (χ4v) is 2.20. The molecule has 1 aliphatic carbocycles. The van der Waals surface area contributed by atoms with E-state index in [0.29, 0.717) is 0 Å². The van der Waals surface area contributed by atoms with Crippen LogP contribution in [-0.4, -0.2) is 11.2 Å². The van der Waals surface area contributed by atoms with E-state index < -0.39 is 0 Å². The lowest BCUT2D eigenvalue weighted by Crippen LogP contribution is -2.25. The first-order valence-corrected chi connectivity index (χ1v) is 4.94. The van der Waals surface area contributed by atoms with E-state index in [-0.39, 0.29) is 6.10 Å². The Hall–Kier alpha value is -0.0400. The van der Waals surface area contributed by atoms with Crippen LogP contribution < -0.4 is 0 Å². The summed E-state index contributed by atoms with van der Waals surface area (Å²) in [5.41, 5.74) is 0. The van der Waals surface area contributed by atoms with Crippen LogP contribution in [0.15, 0.2) is 0 Å². The number of aliphatic hydroxyl groups is 1. The Morgan fingerprint density at radius 3 is 1.82 bits per heavy atom. The van der Waals surface area contributed by atoms with Gasteiger partial charge in [-0.2, -0.15) is 0 Å². The van der Waals surface area contributed by atoms with Crippen LogP contribution in [0.25, 0.3) is 0 Å². The SMILES string of the molecule is CC[C@@H]1CC(O)C[C@H](CC)C1. The summed E-state index contributed by atoms with van der Waals surface area (Å²) < 4.78 is 0. The summed E-state index contributed by atoms with van der Waals surface area (Å²) in [5, 5.41) is 9.51. The van der Waals surface area contributed by atoms with E-state index in [9.17, 15) is 5.11 Å². The highest BCUT2D eigenvalue weighted by molar-refractivity contribution is 4.76. The van der Waals surface area contributed by atoms with Crippen molar-refractivity contribution in [1.29, 1.82) is 0 Å². The van der Waals surface area contributed by atoms with Crippen molar-refractivity contribution in [3.63, 3.8) is 0 Å². The molecule has 0 amide bonds. The van der Waals surface area contributed by atoms with Crippen molar-refractivity contribution in [1.82, 2.24) is 0 Å². The van der Waals surface area contributed by atoms with Crippen molar-refractivity contribution in [2.24, 2.45) is 11.8 Å². The Balaban J connectivity index is 2.37. The third-order valence-corrected chi connectivity index (χ3v) is 3.03. The van der Waals surface area contributed by atoms with Gasteiger partial charge in [0.15, 0.2) is 0 Å². The molecule has 66 valence electrons. The van der Waals surface area contributed by atoms with Crippen LogP contribution in [-0.2, 0) is 0 Å². The van der Waals surface area contributed by atoms with Crippen molar-refractivity contribution in [2.75, 3.05) is 0 Å². The lowest BCUT2D eigenvalue weighted by Gasteiger charge is -2.31. The van der Waals surface area contributed by atoms with Gasteiger partial charge in [-0.25, -0.2) is 0 Å². The first-order valence-electron chi connectivity index (χ1n) is 4.94. The van der Waals surface area contributed by atoms with Crippen molar-refractivity contribution >= 4 is 0 Å². The van der Waals surface area contributed by atoms with E-state index in [1.165, 1.54) is 19.3 Å². The van der Waals surface area contributed by atoms with Crippen LogP contribution in [0.1, 0.15) is 46.0 Å². The second kappa shape index (κ2) is 4.10. The van der Waals surface area contributed by atoms with Gasteiger partial charge in [-0.15, -0.1) is 0 Å². The fraction of sp³-hybridized carbons (Fsp3) is 1.00. The minimum absolute atomic E-state index is 0.00125. The lowest BCUT2D eigenvalue weighted by atomic mass is 9.77. The summed E-state index contributed by atoms with van der Waals surface area (Å²) >= 11 is 0. The fourth-order valence-electron chi connectivity index (χ4n) is 2.20. The maximum Gasteiger partial charge on any atom is 0.0545 e. The topological polar surface area (TPSA) is 20.2 Å². The van der Waals surface area contributed by atoms with Crippen LogP contribution in [0.4, 0.5) is 0 Å². The molecule has 1 saturated carbocycles. The molecule has 1 unspecified atom stereocenters. The van der Waals surface area contributed by atoms with Crippen LogP contribution >= 0.6 is 0 Å². The molecular weight excluding hydrogens is 136 g/mol. The maximum atomic E-state index is 9.51. The van der Waals surface area contributed by atoms with E-state index in [2.05, 4.69) is 13.8 Å². The second-order valence-corrected chi connectivity index (χ2v) is 3.91. The molecule has 1 fully saturated rings. The summed E-state index contributed by atoms with van der Waals surface area (Å²) in [4.78, 5) is 0. The standard InChI is InChI=1S/C10H20O/c1-3-8-5-9(4-2)7-10(11)6-8/h8-11H,3-7H2,1-2H3/t8-,9+,10?. The molecule has 1 rings (SSSR count). The zero-order chi connectivity index (χ0) is 8.27. The van der Waals surface area contributed by atoms with E-state index in [0.717, 1.165) is 24.7 Å². The predicted molar refractivity (Wildman–Crippen MR) is 47.4 cm³/mol. The zero-order valence-electron chi connectivity index (χ0n) is 7.71. The molecule has 0 bridgehead atoms. The van der Waals surface area contributed by atoms with Gasteiger partial charge in [0, 0.05) is 0 Å². The molecule has 0 aromatic heterocycles. The molecule has 11 heavy (non-hydrogen) atoms. The third-order valence-electron chi connectivity index (χ3n) is 3.03. The zero-order valence-corrected chi connectivity index (χ0v) is 7.71. The van der Waals surface area contributed by atoms with Gasteiger partial charge < -0.3 is 5.11 Å². The van der Waals surface area contributed by atoms with Crippen molar-refractivity contribution in [3.05, 3.63) is 0 Å². The Morgan fingerprint density at radius 2 is 1.45 bits per heavy atom. The molecule has 0 aromatic carbocycles. The number of hydrogen-bond donors (Lipinski definition) is 1. The quantitative estimate of drug-likeness (QED) is 0.651. The van der Waals surface area contributed by atoms with Gasteiger partial charge in [0.2, 0.25) is 0 Å². The van der Waals surface area contributed by atoms with Crippen LogP contribution in [0.3, 0.4) is 0 Å². The smallest absolute Gasteiger partial charge is 0.0545 e. The summed E-state index contributed by atoms with van der Waals surface area (Å²) in [7, 11) is 0. The highest BCUT2D eigenvalue weighted by atomic mass is 16.3. The van der Waals surface area contributed by atoms with Crippen LogP contribution in [0.5, 0.6) is 0 Å². The van der Waals surface area contributed by atoms with Gasteiger partial charge in [0.25, 0.3) is 0 Å². The molecule has 0 spiro atoms. The van der Waals surface area contributed by atoms with Gasteiger partial charge in [-0.3, -0.25) is 0 Å². The molecule has 3 atom stereocenters. The molecule has 0 aliphatic heterocycles. The average Bonchev–Trinajstić information content (AvgIpc) is 2.03. The first kappa shape index (κ1) is 9.05. The monoisotopic (exact) mass is 156 g/mol. The summed E-state index contributed by atoms with van der Waals surface area (Å²) in [5.74, 6) is 1.59. The minimum Gasteiger partial charge on any atom is -0.393 e. The van der Waals surface area contributed by atoms with Crippen LogP contribution in [0, 0.1) is 11.8 Å². The van der Waals surface area contributed by atoms with E-state index >= 15 is 0 Å². The predicted octanol–water partition coefficient (Wildman–Crippen LogP) is 2.58. The molecule has 0 radical (unpaired) electrons. The second-order valence-electron chi connectivity index (χ2n) is 3.91. The maximum absolute atomic E-state index is 9.51. The van der Waals surface area contributed by atoms with Gasteiger partial charge in [0.1, 0.15) is 0 Å². The summed E-state index contributed by atoms with van der Waals surface area (Å²) in [6, 6.07) is 0. The van der Waals surface area contributed by atoms with Crippen molar-refractivity contribution < 1.29 is 5.11 Å². The Kier molecular flexibility index (Phi) is 3.38. The molecule has 1 aliphatic rings. The Bertz CT molecular complexity index is 99.4. The molecule has 1 N–H and O–H groups in total. The number of rotatable bonds is 2. The Morgan fingerprint density at radius 1 is 1.00 bits per heavy atom. The normalized spacial score (nSPS) is 39.0. The first-order chi connectivity index (χ1) is 5.26. The molecular formula is C10H20O. The molecule has 0 saturated heterocycles. The summed E-state index contributed by atoms with van der Waals surface area (Å²) in [6.07, 6.45) is 5.93.